The third-order valence-electron chi connectivity index (χ3n) is 7.44. The fraction of sp³-hybridized carbons (Fsp3) is 0.652. The summed E-state index contributed by atoms with van der Waals surface area (Å²) in [5, 5.41) is 2.63. The van der Waals surface area contributed by atoms with Gasteiger partial charge in [-0.2, -0.15) is 0 Å². The zero-order valence-corrected chi connectivity index (χ0v) is 17.4. The molecule has 1 aromatic carbocycles. The number of nitrogens with zero attached hydrogens (tertiary/aromatic N) is 1. The van der Waals surface area contributed by atoms with Crippen LogP contribution < -0.4 is 5.32 Å². The Hall–Kier alpha value is -1.82. The predicted octanol–water partition coefficient (Wildman–Crippen LogP) is 4.45. The SMILES string of the molecule is CC(N1C[C@@H]2C(C(=O)CCC(=O)Nc3cccc(C(C)(F)F)c3)[C@@H]2C1)C1(C)CC1. The normalized spacial score (nSPS) is 28.5. The van der Waals surface area contributed by atoms with E-state index in [4.69, 9.17) is 0 Å². The molecule has 6 heteroatoms. The Morgan fingerprint density at radius 3 is 2.48 bits per heavy atom. The topological polar surface area (TPSA) is 49.4 Å². The van der Waals surface area contributed by atoms with Crippen molar-refractivity contribution in [3.8, 4) is 0 Å². The van der Waals surface area contributed by atoms with Gasteiger partial charge in [0.2, 0.25) is 5.91 Å². The van der Waals surface area contributed by atoms with Crippen LogP contribution in [0, 0.1) is 23.2 Å². The van der Waals surface area contributed by atoms with Crippen LogP contribution >= 0.6 is 0 Å². The first-order chi connectivity index (χ1) is 13.6. The lowest BCUT2D eigenvalue weighted by Crippen LogP contribution is -2.39. The molecule has 0 bridgehead atoms. The first-order valence-electron chi connectivity index (χ1n) is 10.6. The summed E-state index contributed by atoms with van der Waals surface area (Å²) in [5.74, 6) is -2.06. The molecule has 158 valence electrons. The molecule has 3 aliphatic rings. The molecule has 4 atom stereocenters. The molecule has 2 aliphatic carbocycles. The molecule has 1 heterocycles. The molecule has 0 aromatic heterocycles. The number of rotatable bonds is 8. The molecule has 2 unspecified atom stereocenters. The van der Waals surface area contributed by atoms with Gasteiger partial charge in [-0.25, -0.2) is 8.78 Å². The minimum atomic E-state index is -2.96. The lowest BCUT2D eigenvalue weighted by Gasteiger charge is -2.31. The van der Waals surface area contributed by atoms with E-state index in [0.717, 1.165) is 20.0 Å². The monoisotopic (exact) mass is 404 g/mol. The molecule has 1 N–H and O–H groups in total. The van der Waals surface area contributed by atoms with E-state index in [9.17, 15) is 18.4 Å². The highest BCUT2D eigenvalue weighted by Crippen LogP contribution is 2.57. The number of carbonyl (C=O) groups is 2. The molecule has 1 aromatic rings. The van der Waals surface area contributed by atoms with Crippen molar-refractivity contribution in [2.24, 2.45) is 23.2 Å². The number of benzene rings is 1. The molecule has 4 rings (SSSR count). The Kier molecular flexibility index (Phi) is 5.04. The third kappa shape index (κ3) is 4.23. The van der Waals surface area contributed by atoms with Crippen LogP contribution in [0.3, 0.4) is 0 Å². The third-order valence-corrected chi connectivity index (χ3v) is 7.44. The van der Waals surface area contributed by atoms with Gasteiger partial charge in [0.15, 0.2) is 0 Å². The van der Waals surface area contributed by atoms with Crippen LogP contribution in [0.5, 0.6) is 0 Å². The van der Waals surface area contributed by atoms with Crippen molar-refractivity contribution >= 4 is 17.4 Å². The molecule has 1 amide bonds. The molecule has 3 fully saturated rings. The smallest absolute Gasteiger partial charge is 0.270 e. The number of piperidine rings is 1. The van der Waals surface area contributed by atoms with Crippen molar-refractivity contribution in [1.29, 1.82) is 0 Å². The maximum Gasteiger partial charge on any atom is 0.270 e. The Morgan fingerprint density at radius 1 is 1.24 bits per heavy atom. The summed E-state index contributed by atoms with van der Waals surface area (Å²) in [7, 11) is 0. The number of anilines is 1. The summed E-state index contributed by atoms with van der Waals surface area (Å²) in [6.07, 6.45) is 2.92. The van der Waals surface area contributed by atoms with Crippen molar-refractivity contribution in [1.82, 2.24) is 4.90 Å². The highest BCUT2D eigenvalue weighted by Gasteiger charge is 2.60. The molecule has 2 saturated carbocycles. The van der Waals surface area contributed by atoms with Crippen LogP contribution in [0.4, 0.5) is 14.5 Å². The summed E-state index contributed by atoms with van der Waals surface area (Å²) in [6.45, 7) is 7.48. The average Bonchev–Trinajstić information content (AvgIpc) is 3.53. The van der Waals surface area contributed by atoms with E-state index in [1.54, 1.807) is 6.07 Å². The van der Waals surface area contributed by atoms with E-state index in [1.165, 1.54) is 31.0 Å². The van der Waals surface area contributed by atoms with Gasteiger partial charge in [-0.15, -0.1) is 0 Å². The number of nitrogens with one attached hydrogen (secondary N) is 1. The molecular weight excluding hydrogens is 374 g/mol. The Morgan fingerprint density at radius 2 is 1.90 bits per heavy atom. The summed E-state index contributed by atoms with van der Waals surface area (Å²) >= 11 is 0. The summed E-state index contributed by atoms with van der Waals surface area (Å²) in [6, 6.07) is 6.27. The summed E-state index contributed by atoms with van der Waals surface area (Å²) in [4.78, 5) is 27.3. The maximum atomic E-state index is 13.4. The molecule has 0 radical (unpaired) electrons. The van der Waals surface area contributed by atoms with E-state index >= 15 is 0 Å². The van der Waals surface area contributed by atoms with Gasteiger partial charge in [-0.3, -0.25) is 14.5 Å². The van der Waals surface area contributed by atoms with Gasteiger partial charge in [0, 0.05) is 56.1 Å². The molecule has 4 nitrogen and oxygen atoms in total. The van der Waals surface area contributed by atoms with Gasteiger partial charge in [0.1, 0.15) is 5.78 Å². The van der Waals surface area contributed by atoms with Crippen molar-refractivity contribution in [2.75, 3.05) is 18.4 Å². The standard InChI is InChI=1S/C23H30F2N2O2/c1-14(22(2)9-10-22)27-12-17-18(13-27)21(17)19(28)7-8-20(29)26-16-6-4-5-15(11-16)23(3,24)25/h4-6,11,14,17-18,21H,7-10,12-13H2,1-3H3,(H,26,29)/t14?,17-,18+,21?. The molecular formula is C23H30F2N2O2. The van der Waals surface area contributed by atoms with E-state index in [1.807, 2.05) is 0 Å². The number of halogens is 2. The summed E-state index contributed by atoms with van der Waals surface area (Å²) < 4.78 is 26.8. The van der Waals surface area contributed by atoms with Gasteiger partial charge in [-0.1, -0.05) is 19.1 Å². The van der Waals surface area contributed by atoms with Crippen LogP contribution in [0.1, 0.15) is 52.0 Å². The fourth-order valence-electron chi connectivity index (χ4n) is 4.91. The van der Waals surface area contributed by atoms with Crippen molar-refractivity contribution < 1.29 is 18.4 Å². The zero-order valence-electron chi connectivity index (χ0n) is 17.4. The first kappa shape index (κ1) is 20.5. The molecule has 1 saturated heterocycles. The van der Waals surface area contributed by atoms with E-state index in [-0.39, 0.29) is 36.0 Å². The maximum absolute atomic E-state index is 13.4. The number of Topliss-reactive ketones (excluding diaryl/α,β-unsaturated/α-hetero) is 1. The lowest BCUT2D eigenvalue weighted by molar-refractivity contribution is -0.124. The molecule has 0 spiro atoms. The Labute approximate surface area is 171 Å². The first-order valence-corrected chi connectivity index (χ1v) is 10.6. The van der Waals surface area contributed by atoms with Gasteiger partial charge in [0.25, 0.3) is 5.92 Å². The number of alkyl halides is 2. The Bertz CT molecular complexity index is 803. The number of likely N-dealkylation sites (tertiary alicyclic amines) is 1. The van der Waals surface area contributed by atoms with Crippen molar-refractivity contribution in [2.45, 2.75) is 58.4 Å². The van der Waals surface area contributed by atoms with Crippen LogP contribution in [0.2, 0.25) is 0 Å². The lowest BCUT2D eigenvalue weighted by atomic mass is 9.98. The van der Waals surface area contributed by atoms with Crippen LogP contribution in [-0.4, -0.2) is 35.7 Å². The average molecular weight is 405 g/mol. The fourth-order valence-corrected chi connectivity index (χ4v) is 4.91. The van der Waals surface area contributed by atoms with Gasteiger partial charge in [-0.05, 0) is 49.1 Å². The highest BCUT2D eigenvalue weighted by molar-refractivity contribution is 5.94. The molecule has 29 heavy (non-hydrogen) atoms. The number of hydrogen-bond donors (Lipinski definition) is 1. The number of amides is 1. The molecule has 1 aliphatic heterocycles. The van der Waals surface area contributed by atoms with E-state index in [0.29, 0.717) is 29.0 Å². The second-order valence-corrected chi connectivity index (χ2v) is 9.62. The van der Waals surface area contributed by atoms with Crippen LogP contribution in [-0.2, 0) is 15.5 Å². The number of carbonyl (C=O) groups excluding carboxylic acids is 2. The van der Waals surface area contributed by atoms with E-state index in [2.05, 4.69) is 24.1 Å². The van der Waals surface area contributed by atoms with Gasteiger partial charge >= 0.3 is 0 Å². The number of hydrogen-bond acceptors (Lipinski definition) is 3. The largest absolute Gasteiger partial charge is 0.326 e. The van der Waals surface area contributed by atoms with Crippen LogP contribution in [0.25, 0.3) is 0 Å². The minimum absolute atomic E-state index is 0.0969. The number of fused-ring (bicyclic) bond motifs is 1. The van der Waals surface area contributed by atoms with Crippen LogP contribution in [0.15, 0.2) is 24.3 Å². The summed E-state index contributed by atoms with van der Waals surface area (Å²) in [5.41, 5.74) is 0.659. The van der Waals surface area contributed by atoms with E-state index < -0.39 is 5.92 Å². The highest BCUT2D eigenvalue weighted by atomic mass is 19.3. The second-order valence-electron chi connectivity index (χ2n) is 9.62. The predicted molar refractivity (Wildman–Crippen MR) is 108 cm³/mol. The van der Waals surface area contributed by atoms with Crippen molar-refractivity contribution in [3.05, 3.63) is 29.8 Å². The van der Waals surface area contributed by atoms with Gasteiger partial charge < -0.3 is 5.32 Å². The zero-order chi connectivity index (χ0) is 21.0. The van der Waals surface area contributed by atoms with Crippen molar-refractivity contribution in [3.63, 3.8) is 0 Å². The second kappa shape index (κ2) is 7.15. The quantitative estimate of drug-likeness (QED) is 0.696. The van der Waals surface area contributed by atoms with Gasteiger partial charge in [0.05, 0.1) is 0 Å². The minimum Gasteiger partial charge on any atom is -0.326 e. The number of ketones is 1. The Balaban J connectivity index is 1.22.